The van der Waals surface area contributed by atoms with Crippen LogP contribution in [0.2, 0.25) is 0 Å². The second-order valence-corrected chi connectivity index (χ2v) is 8.99. The standard InChI is InChI=1S/C22H30N2O4S/c1-7-10-23-29(26,27)21-13-18(8-9-20(21)28-6)22(25)24-17(5)19-12-15(3)14(2)11-16(19)4/h8-9,11-13,17,23H,7,10H2,1-6H3,(H,24,25)/t17-/m1/s1. The van der Waals surface area contributed by atoms with Crippen molar-refractivity contribution in [1.29, 1.82) is 0 Å². The van der Waals surface area contributed by atoms with Crippen LogP contribution >= 0.6 is 0 Å². The Hall–Kier alpha value is -2.38. The van der Waals surface area contributed by atoms with Crippen LogP contribution in [0.25, 0.3) is 0 Å². The molecule has 2 N–H and O–H groups in total. The molecule has 2 aromatic carbocycles. The number of ether oxygens (including phenoxy) is 1. The predicted octanol–water partition coefficient (Wildman–Crippen LogP) is 3.80. The molecular formula is C22H30N2O4S. The Balaban J connectivity index is 2.32. The number of aryl methyl sites for hydroxylation is 3. The molecule has 29 heavy (non-hydrogen) atoms. The molecule has 6 nitrogen and oxygen atoms in total. The lowest BCUT2D eigenvalue weighted by Gasteiger charge is -2.19. The molecule has 0 aliphatic heterocycles. The zero-order valence-electron chi connectivity index (χ0n) is 17.9. The Bertz CT molecular complexity index is 1000. The van der Waals surface area contributed by atoms with E-state index in [4.69, 9.17) is 4.74 Å². The number of sulfonamides is 1. The Morgan fingerprint density at radius 1 is 1.07 bits per heavy atom. The molecule has 2 rings (SSSR count). The Kier molecular flexibility index (Phi) is 7.43. The predicted molar refractivity (Wildman–Crippen MR) is 115 cm³/mol. The summed E-state index contributed by atoms with van der Waals surface area (Å²) >= 11 is 0. The van der Waals surface area contributed by atoms with Gasteiger partial charge in [-0.05, 0) is 74.6 Å². The number of nitrogens with one attached hydrogen (secondary N) is 2. The largest absolute Gasteiger partial charge is 0.495 e. The SMILES string of the molecule is CCCNS(=O)(=O)c1cc(C(=O)N[C@H](C)c2cc(C)c(C)cc2C)ccc1OC. The maximum absolute atomic E-state index is 12.8. The van der Waals surface area contributed by atoms with Crippen LogP contribution in [0.1, 0.15) is 58.9 Å². The van der Waals surface area contributed by atoms with Gasteiger partial charge in [-0.1, -0.05) is 19.1 Å². The highest BCUT2D eigenvalue weighted by molar-refractivity contribution is 7.89. The first kappa shape index (κ1) is 22.9. The Labute approximate surface area is 173 Å². The molecule has 0 unspecified atom stereocenters. The van der Waals surface area contributed by atoms with E-state index in [0.717, 1.165) is 16.7 Å². The third-order valence-electron chi connectivity index (χ3n) is 4.95. The second-order valence-electron chi connectivity index (χ2n) is 7.25. The smallest absolute Gasteiger partial charge is 0.251 e. The van der Waals surface area contributed by atoms with Crippen LogP contribution in [-0.2, 0) is 10.0 Å². The number of benzene rings is 2. The lowest BCUT2D eigenvalue weighted by atomic mass is 9.96. The summed E-state index contributed by atoms with van der Waals surface area (Å²) in [5, 5.41) is 2.96. The third kappa shape index (κ3) is 5.36. The van der Waals surface area contributed by atoms with Crippen LogP contribution in [0.3, 0.4) is 0 Å². The zero-order valence-corrected chi connectivity index (χ0v) is 18.7. The van der Waals surface area contributed by atoms with Crippen molar-refractivity contribution in [2.45, 2.75) is 52.0 Å². The monoisotopic (exact) mass is 418 g/mol. The molecule has 0 spiro atoms. The van der Waals surface area contributed by atoms with Gasteiger partial charge in [-0.15, -0.1) is 0 Å². The van der Waals surface area contributed by atoms with Crippen molar-refractivity contribution in [2.75, 3.05) is 13.7 Å². The van der Waals surface area contributed by atoms with Gasteiger partial charge in [-0.2, -0.15) is 0 Å². The summed E-state index contributed by atoms with van der Waals surface area (Å²) in [4.78, 5) is 12.8. The van der Waals surface area contributed by atoms with E-state index in [2.05, 4.69) is 29.1 Å². The van der Waals surface area contributed by atoms with E-state index in [1.165, 1.54) is 24.8 Å². The number of amides is 1. The van der Waals surface area contributed by atoms with E-state index in [-0.39, 0.29) is 28.2 Å². The van der Waals surface area contributed by atoms with Gasteiger partial charge in [-0.25, -0.2) is 13.1 Å². The first-order valence-corrected chi connectivity index (χ1v) is 11.1. The van der Waals surface area contributed by atoms with Gasteiger partial charge in [0, 0.05) is 12.1 Å². The van der Waals surface area contributed by atoms with Gasteiger partial charge in [0.25, 0.3) is 5.91 Å². The summed E-state index contributed by atoms with van der Waals surface area (Å²) in [5.74, 6) is -0.145. The minimum absolute atomic E-state index is 0.0453. The second kappa shape index (κ2) is 9.41. The van der Waals surface area contributed by atoms with E-state index < -0.39 is 10.0 Å². The van der Waals surface area contributed by atoms with Crippen molar-refractivity contribution in [1.82, 2.24) is 10.0 Å². The highest BCUT2D eigenvalue weighted by Crippen LogP contribution is 2.26. The lowest BCUT2D eigenvalue weighted by Crippen LogP contribution is -2.28. The molecule has 1 atom stereocenters. The molecule has 7 heteroatoms. The molecule has 0 aromatic heterocycles. The molecule has 2 aromatic rings. The molecule has 1 amide bonds. The van der Waals surface area contributed by atoms with Crippen molar-refractivity contribution >= 4 is 15.9 Å². The fourth-order valence-corrected chi connectivity index (χ4v) is 4.48. The quantitative estimate of drug-likeness (QED) is 0.683. The lowest BCUT2D eigenvalue weighted by molar-refractivity contribution is 0.0939. The van der Waals surface area contributed by atoms with Crippen LogP contribution in [0.15, 0.2) is 35.2 Å². The van der Waals surface area contributed by atoms with Crippen LogP contribution in [0.4, 0.5) is 0 Å². The minimum Gasteiger partial charge on any atom is -0.495 e. The van der Waals surface area contributed by atoms with Gasteiger partial charge in [0.1, 0.15) is 10.6 Å². The number of carbonyl (C=O) groups excluding carboxylic acids is 1. The van der Waals surface area contributed by atoms with Gasteiger partial charge in [0.05, 0.1) is 13.2 Å². The third-order valence-corrected chi connectivity index (χ3v) is 6.44. The Morgan fingerprint density at radius 3 is 2.34 bits per heavy atom. The van der Waals surface area contributed by atoms with E-state index in [9.17, 15) is 13.2 Å². The molecule has 0 bridgehead atoms. The molecule has 158 valence electrons. The highest BCUT2D eigenvalue weighted by atomic mass is 32.2. The molecule has 0 fully saturated rings. The van der Waals surface area contributed by atoms with E-state index >= 15 is 0 Å². The molecule has 0 radical (unpaired) electrons. The fourth-order valence-electron chi connectivity index (χ4n) is 3.15. The summed E-state index contributed by atoms with van der Waals surface area (Å²) in [5.41, 5.74) is 4.76. The van der Waals surface area contributed by atoms with Crippen molar-refractivity contribution in [2.24, 2.45) is 0 Å². The topological polar surface area (TPSA) is 84.5 Å². The maximum atomic E-state index is 12.8. The Morgan fingerprint density at radius 2 is 1.72 bits per heavy atom. The number of methoxy groups -OCH3 is 1. The minimum atomic E-state index is -3.77. The molecule has 0 heterocycles. The summed E-state index contributed by atoms with van der Waals surface area (Å²) in [6, 6.07) is 8.38. The summed E-state index contributed by atoms with van der Waals surface area (Å²) < 4.78 is 32.9. The molecule has 0 aliphatic rings. The van der Waals surface area contributed by atoms with Gasteiger partial charge < -0.3 is 10.1 Å². The summed E-state index contributed by atoms with van der Waals surface area (Å²) in [6.45, 7) is 10.2. The molecule has 0 saturated heterocycles. The van der Waals surface area contributed by atoms with Gasteiger partial charge in [0.2, 0.25) is 10.0 Å². The molecular weight excluding hydrogens is 388 g/mol. The van der Waals surface area contributed by atoms with Crippen molar-refractivity contribution in [3.8, 4) is 5.75 Å². The molecule has 0 aliphatic carbocycles. The van der Waals surface area contributed by atoms with Crippen molar-refractivity contribution in [3.63, 3.8) is 0 Å². The average Bonchev–Trinajstić information content (AvgIpc) is 2.68. The maximum Gasteiger partial charge on any atom is 0.251 e. The normalized spacial score (nSPS) is 12.5. The van der Waals surface area contributed by atoms with Crippen LogP contribution < -0.4 is 14.8 Å². The summed E-state index contributed by atoms with van der Waals surface area (Å²) in [7, 11) is -2.37. The van der Waals surface area contributed by atoms with Gasteiger partial charge in [0.15, 0.2) is 0 Å². The fraction of sp³-hybridized carbons (Fsp3) is 0.409. The first-order chi connectivity index (χ1) is 13.6. The van der Waals surface area contributed by atoms with Crippen LogP contribution in [0.5, 0.6) is 5.75 Å². The van der Waals surface area contributed by atoms with Crippen LogP contribution in [-0.4, -0.2) is 28.0 Å². The van der Waals surface area contributed by atoms with Crippen LogP contribution in [0, 0.1) is 20.8 Å². The number of hydrogen-bond donors (Lipinski definition) is 2. The van der Waals surface area contributed by atoms with Gasteiger partial charge >= 0.3 is 0 Å². The van der Waals surface area contributed by atoms with Gasteiger partial charge in [-0.3, -0.25) is 4.79 Å². The average molecular weight is 419 g/mol. The van der Waals surface area contributed by atoms with Crippen molar-refractivity contribution < 1.29 is 17.9 Å². The number of rotatable bonds is 8. The van der Waals surface area contributed by atoms with E-state index in [0.29, 0.717) is 13.0 Å². The van der Waals surface area contributed by atoms with E-state index in [1.54, 1.807) is 6.07 Å². The zero-order chi connectivity index (χ0) is 21.8. The number of carbonyl (C=O) groups is 1. The highest BCUT2D eigenvalue weighted by Gasteiger charge is 2.22. The first-order valence-electron chi connectivity index (χ1n) is 9.67. The van der Waals surface area contributed by atoms with Crippen molar-refractivity contribution in [3.05, 3.63) is 58.1 Å². The number of hydrogen-bond acceptors (Lipinski definition) is 4. The summed E-state index contributed by atoms with van der Waals surface area (Å²) in [6.07, 6.45) is 0.661. The molecule has 0 saturated carbocycles. The van der Waals surface area contributed by atoms with E-state index in [1.807, 2.05) is 27.7 Å².